The fourth-order valence-electron chi connectivity index (χ4n) is 0.410. The van der Waals surface area contributed by atoms with E-state index in [4.69, 9.17) is 9.90 Å². The number of carboxylic acids is 1. The Kier molecular flexibility index (Phi) is 8.60. The van der Waals surface area contributed by atoms with Gasteiger partial charge in [0.05, 0.1) is 0 Å². The summed E-state index contributed by atoms with van der Waals surface area (Å²) in [5.41, 5.74) is 8.50. The summed E-state index contributed by atoms with van der Waals surface area (Å²) >= 11 is 0. The van der Waals surface area contributed by atoms with Crippen LogP contribution in [0.25, 0.3) is 0 Å². The number of urea groups is 1. The number of hydrogen-bond donors (Lipinski definition) is 3. The summed E-state index contributed by atoms with van der Waals surface area (Å²) in [6.07, 6.45) is 2.77. The maximum absolute atomic E-state index is 10.1. The molecule has 0 aromatic carbocycles. The van der Waals surface area contributed by atoms with E-state index in [0.29, 0.717) is 0 Å². The van der Waals surface area contributed by atoms with Crippen molar-refractivity contribution in [3.63, 3.8) is 0 Å². The predicted molar refractivity (Wildman–Crippen MR) is 42.8 cm³/mol. The van der Waals surface area contributed by atoms with Crippen molar-refractivity contribution in [1.29, 1.82) is 0 Å². The number of carbonyl (C=O) groups is 2. The molecule has 1 rings (SSSR count). The molecule has 0 fully saturated rings. The minimum absolute atomic E-state index is 0. The molecule has 0 saturated carbocycles. The van der Waals surface area contributed by atoms with Gasteiger partial charge >= 0.3 is 12.0 Å². The number of carbonyl (C=O) groups excluding carboxylic acids is 1. The number of primary amides is 2. The molecule has 0 saturated heterocycles. The Balaban J connectivity index is 0. The van der Waals surface area contributed by atoms with Crippen LogP contribution in [0.3, 0.4) is 0 Å². The summed E-state index contributed by atoms with van der Waals surface area (Å²) in [5.74, 6) is -1.27. The van der Waals surface area contributed by atoms with Crippen molar-refractivity contribution in [2.24, 2.45) is 11.5 Å². The van der Waals surface area contributed by atoms with E-state index in [1.54, 1.807) is 6.07 Å². The van der Waals surface area contributed by atoms with Gasteiger partial charge in [-0.05, 0) is 6.07 Å². The van der Waals surface area contributed by atoms with Gasteiger partial charge in [-0.2, -0.15) is 0 Å². The van der Waals surface area contributed by atoms with Gasteiger partial charge in [-0.15, -0.1) is 0 Å². The van der Waals surface area contributed by atoms with E-state index in [2.05, 4.69) is 21.4 Å². The van der Waals surface area contributed by atoms with E-state index in [1.807, 2.05) is 0 Å². The Morgan fingerprint density at radius 1 is 1.21 bits per heavy atom. The molecule has 0 unspecified atom stereocenters. The molecule has 5 N–H and O–H groups in total. The molecule has 8 heteroatoms. The van der Waals surface area contributed by atoms with Crippen LogP contribution >= 0.6 is 0 Å². The Morgan fingerprint density at radius 3 is 1.79 bits per heavy atom. The SMILES string of the molecule is NC(N)=O.O=C(O)c1ncccn1.[Zn]. The normalized spacial score (nSPS) is 7.43. The van der Waals surface area contributed by atoms with Gasteiger partial charge in [0.1, 0.15) is 0 Å². The molecule has 0 aliphatic carbocycles. The van der Waals surface area contributed by atoms with Crippen molar-refractivity contribution in [1.82, 2.24) is 9.97 Å². The Hall–Kier alpha value is -1.56. The van der Waals surface area contributed by atoms with E-state index < -0.39 is 12.0 Å². The smallest absolute Gasteiger partial charge is 0.373 e. The van der Waals surface area contributed by atoms with Crippen LogP contribution in [0.15, 0.2) is 18.5 Å². The van der Waals surface area contributed by atoms with Gasteiger partial charge in [0.15, 0.2) is 0 Å². The zero-order chi connectivity index (χ0) is 10.3. The summed E-state index contributed by atoms with van der Waals surface area (Å²) in [4.78, 5) is 26.0. The summed E-state index contributed by atoms with van der Waals surface area (Å²) in [6.45, 7) is 0. The Bertz CT molecular complexity index is 288. The Labute approximate surface area is 92.3 Å². The van der Waals surface area contributed by atoms with Crippen LogP contribution in [0.2, 0.25) is 0 Å². The van der Waals surface area contributed by atoms with E-state index in [0.717, 1.165) is 0 Å². The first kappa shape index (κ1) is 14.9. The van der Waals surface area contributed by atoms with Gasteiger partial charge < -0.3 is 16.6 Å². The predicted octanol–water partition coefficient (Wildman–Crippen LogP) is -0.804. The molecule has 0 bridgehead atoms. The first-order chi connectivity index (χ1) is 6.04. The fourth-order valence-corrected chi connectivity index (χ4v) is 0.410. The first-order valence-corrected chi connectivity index (χ1v) is 3.09. The van der Waals surface area contributed by atoms with Crippen LogP contribution in [0.5, 0.6) is 0 Å². The third-order valence-corrected chi connectivity index (χ3v) is 0.757. The van der Waals surface area contributed by atoms with Gasteiger partial charge in [-0.3, -0.25) is 0 Å². The molecule has 2 amide bonds. The second-order valence-electron chi connectivity index (χ2n) is 1.78. The van der Waals surface area contributed by atoms with Gasteiger partial charge in [-0.25, -0.2) is 19.6 Å². The second-order valence-corrected chi connectivity index (χ2v) is 1.78. The molecule has 0 spiro atoms. The maximum atomic E-state index is 10.1. The minimum Gasteiger partial charge on any atom is -0.475 e. The molecular formula is C6H8N4O3Zn. The van der Waals surface area contributed by atoms with Crippen LogP contribution in [-0.4, -0.2) is 27.1 Å². The van der Waals surface area contributed by atoms with Gasteiger partial charge in [0, 0.05) is 31.9 Å². The van der Waals surface area contributed by atoms with Crippen LogP contribution in [0.1, 0.15) is 10.6 Å². The minimum atomic E-state index is -1.10. The maximum Gasteiger partial charge on any atom is 0.373 e. The van der Waals surface area contributed by atoms with Crippen molar-refractivity contribution in [3.8, 4) is 0 Å². The summed E-state index contributed by atoms with van der Waals surface area (Å²) in [6, 6.07) is 0.729. The fraction of sp³-hybridized carbons (Fsp3) is 0. The second kappa shape index (κ2) is 8.06. The Morgan fingerprint density at radius 2 is 1.57 bits per heavy atom. The van der Waals surface area contributed by atoms with Gasteiger partial charge in [-0.1, -0.05) is 0 Å². The molecular weight excluding hydrogens is 241 g/mol. The van der Waals surface area contributed by atoms with Crippen LogP contribution in [0, 0.1) is 0 Å². The van der Waals surface area contributed by atoms with Gasteiger partial charge in [0.25, 0.3) is 0 Å². The zero-order valence-corrected chi connectivity index (χ0v) is 10.2. The number of aromatic carboxylic acids is 1. The number of rotatable bonds is 1. The number of nitrogens with two attached hydrogens (primary N) is 2. The summed E-state index contributed by atoms with van der Waals surface area (Å²) in [5, 5.41) is 8.26. The monoisotopic (exact) mass is 248 g/mol. The van der Waals surface area contributed by atoms with Gasteiger partial charge in [0.2, 0.25) is 5.82 Å². The third kappa shape index (κ3) is 8.54. The molecule has 14 heavy (non-hydrogen) atoms. The third-order valence-electron chi connectivity index (χ3n) is 0.757. The number of amides is 2. The van der Waals surface area contributed by atoms with Crippen molar-refractivity contribution in [2.75, 3.05) is 0 Å². The average Bonchev–Trinajstić information content (AvgIpc) is 2.05. The van der Waals surface area contributed by atoms with Crippen molar-refractivity contribution >= 4 is 12.0 Å². The van der Waals surface area contributed by atoms with Crippen molar-refractivity contribution in [3.05, 3.63) is 24.3 Å². The van der Waals surface area contributed by atoms with E-state index >= 15 is 0 Å². The molecule has 0 atom stereocenters. The van der Waals surface area contributed by atoms with Crippen LogP contribution < -0.4 is 11.5 Å². The van der Waals surface area contributed by atoms with Crippen molar-refractivity contribution in [2.45, 2.75) is 0 Å². The molecule has 1 aromatic heterocycles. The standard InChI is InChI=1S/C5H4N2O2.CH4N2O.Zn/c8-5(9)4-6-2-1-3-7-4;2-1(3)4;/h1-3H,(H,8,9);(H4,2,3,4);. The topological polar surface area (TPSA) is 132 Å². The molecule has 7 nitrogen and oxygen atoms in total. The first-order valence-electron chi connectivity index (χ1n) is 3.09. The van der Waals surface area contributed by atoms with E-state index in [-0.39, 0.29) is 25.3 Å². The molecule has 72 valence electrons. The molecule has 0 aliphatic heterocycles. The summed E-state index contributed by atoms with van der Waals surface area (Å²) in [7, 11) is 0. The average molecular weight is 250 g/mol. The number of aromatic nitrogens is 2. The molecule has 0 aliphatic rings. The van der Waals surface area contributed by atoms with E-state index in [1.165, 1.54) is 12.4 Å². The molecule has 1 heterocycles. The number of hydrogen-bond acceptors (Lipinski definition) is 4. The van der Waals surface area contributed by atoms with Crippen LogP contribution in [-0.2, 0) is 19.5 Å². The quantitative estimate of drug-likeness (QED) is 0.560. The number of carboxylic acid groups (broad SMARTS) is 1. The van der Waals surface area contributed by atoms with Crippen LogP contribution in [0.4, 0.5) is 4.79 Å². The van der Waals surface area contributed by atoms with Crippen molar-refractivity contribution < 1.29 is 34.2 Å². The number of nitrogens with zero attached hydrogens (tertiary/aromatic N) is 2. The largest absolute Gasteiger partial charge is 0.475 e. The zero-order valence-electron chi connectivity index (χ0n) is 7.25. The molecule has 1 aromatic rings. The summed E-state index contributed by atoms with van der Waals surface area (Å²) < 4.78 is 0. The molecule has 0 radical (unpaired) electrons. The van der Waals surface area contributed by atoms with E-state index in [9.17, 15) is 4.79 Å².